The molecule has 0 radical (unpaired) electrons. The van der Waals surface area contributed by atoms with E-state index in [1.54, 1.807) is 0 Å². The fraction of sp³-hybridized carbons (Fsp3) is 0.375. The van der Waals surface area contributed by atoms with E-state index in [0.717, 1.165) is 22.6 Å². The summed E-state index contributed by atoms with van der Waals surface area (Å²) in [7, 11) is 0. The fourth-order valence-electron chi connectivity index (χ4n) is 2.50. The highest BCUT2D eigenvalue weighted by atomic mass is 15.3. The molecule has 4 heteroatoms. The summed E-state index contributed by atoms with van der Waals surface area (Å²) in [5.41, 5.74) is 8.24. The lowest BCUT2D eigenvalue weighted by molar-refractivity contribution is 0.831. The molecule has 0 bridgehead atoms. The second-order valence-corrected chi connectivity index (χ2v) is 5.44. The number of anilines is 1. The molecule has 0 saturated carbocycles. The monoisotopic (exact) mass is 270 g/mol. The number of aromatic nitrogens is 2. The molecule has 0 amide bonds. The summed E-state index contributed by atoms with van der Waals surface area (Å²) >= 11 is 0. The fourth-order valence-corrected chi connectivity index (χ4v) is 2.50. The molecule has 4 nitrogen and oxygen atoms in total. The first-order chi connectivity index (χ1) is 9.45. The molecule has 0 atom stereocenters. The van der Waals surface area contributed by atoms with E-state index in [4.69, 9.17) is 5.84 Å². The van der Waals surface area contributed by atoms with Gasteiger partial charge in [0.25, 0.3) is 0 Å². The first-order valence-electron chi connectivity index (χ1n) is 6.87. The van der Waals surface area contributed by atoms with Gasteiger partial charge in [-0.25, -0.2) is 15.8 Å². The van der Waals surface area contributed by atoms with E-state index in [1.807, 2.05) is 19.1 Å². The van der Waals surface area contributed by atoms with Crippen LogP contribution in [-0.4, -0.2) is 9.97 Å². The van der Waals surface area contributed by atoms with Crippen molar-refractivity contribution >= 4 is 5.82 Å². The van der Waals surface area contributed by atoms with Crippen LogP contribution in [0, 0.1) is 20.8 Å². The number of hydrogen-bond acceptors (Lipinski definition) is 4. The number of aryl methyl sites for hydroxylation is 2. The summed E-state index contributed by atoms with van der Waals surface area (Å²) in [5.74, 6) is 7.39. The van der Waals surface area contributed by atoms with Gasteiger partial charge in [-0.05, 0) is 37.8 Å². The molecule has 0 fully saturated rings. The summed E-state index contributed by atoms with van der Waals surface area (Å²) in [6, 6.07) is 6.17. The summed E-state index contributed by atoms with van der Waals surface area (Å²) in [6.07, 6.45) is 0. The maximum Gasteiger partial charge on any atom is 0.162 e. The van der Waals surface area contributed by atoms with Crippen LogP contribution in [0.25, 0.3) is 11.4 Å². The quantitative estimate of drug-likeness (QED) is 0.662. The second-order valence-electron chi connectivity index (χ2n) is 5.44. The van der Waals surface area contributed by atoms with Crippen molar-refractivity contribution in [2.75, 3.05) is 5.43 Å². The molecule has 0 aliphatic heterocycles. The van der Waals surface area contributed by atoms with Crippen molar-refractivity contribution in [3.63, 3.8) is 0 Å². The van der Waals surface area contributed by atoms with Crippen LogP contribution < -0.4 is 11.3 Å². The van der Waals surface area contributed by atoms with Gasteiger partial charge >= 0.3 is 0 Å². The molecule has 0 spiro atoms. The molecule has 0 aliphatic carbocycles. The SMILES string of the molecule is Cc1cccc(-c2nc(C)c(C(C)C)c(NN)n2)c1C. The van der Waals surface area contributed by atoms with Crippen LogP contribution in [-0.2, 0) is 0 Å². The van der Waals surface area contributed by atoms with Crippen molar-refractivity contribution in [1.82, 2.24) is 9.97 Å². The number of nitrogens with two attached hydrogens (primary N) is 1. The number of nitrogens with zero attached hydrogens (tertiary/aromatic N) is 2. The molecule has 1 aromatic carbocycles. The van der Waals surface area contributed by atoms with Crippen LogP contribution in [0.1, 0.15) is 42.1 Å². The van der Waals surface area contributed by atoms with Gasteiger partial charge in [0, 0.05) is 16.8 Å². The highest BCUT2D eigenvalue weighted by Crippen LogP contribution is 2.29. The van der Waals surface area contributed by atoms with Crippen molar-refractivity contribution in [2.45, 2.75) is 40.5 Å². The van der Waals surface area contributed by atoms with Gasteiger partial charge < -0.3 is 5.43 Å². The lowest BCUT2D eigenvalue weighted by Gasteiger charge is -2.16. The predicted molar refractivity (Wildman–Crippen MR) is 83.6 cm³/mol. The van der Waals surface area contributed by atoms with E-state index >= 15 is 0 Å². The summed E-state index contributed by atoms with van der Waals surface area (Å²) in [6.45, 7) is 10.4. The topological polar surface area (TPSA) is 63.8 Å². The lowest BCUT2D eigenvalue weighted by Crippen LogP contribution is -2.14. The Morgan fingerprint density at radius 1 is 1.10 bits per heavy atom. The molecule has 3 N–H and O–H groups in total. The highest BCUT2D eigenvalue weighted by molar-refractivity contribution is 5.64. The third kappa shape index (κ3) is 2.51. The average Bonchev–Trinajstić information content (AvgIpc) is 2.40. The average molecular weight is 270 g/mol. The van der Waals surface area contributed by atoms with E-state index in [0.29, 0.717) is 11.7 Å². The molecular formula is C16H22N4. The zero-order chi connectivity index (χ0) is 14.9. The number of hydrazine groups is 1. The molecule has 20 heavy (non-hydrogen) atoms. The molecule has 1 heterocycles. The highest BCUT2D eigenvalue weighted by Gasteiger charge is 2.16. The van der Waals surface area contributed by atoms with Crippen molar-refractivity contribution in [3.05, 3.63) is 40.6 Å². The first kappa shape index (κ1) is 14.5. The van der Waals surface area contributed by atoms with E-state index in [9.17, 15) is 0 Å². The number of rotatable bonds is 3. The Kier molecular flexibility index (Phi) is 4.04. The molecule has 2 aromatic rings. The van der Waals surface area contributed by atoms with E-state index < -0.39 is 0 Å². The lowest BCUT2D eigenvalue weighted by atomic mass is 10.0. The Hall–Kier alpha value is -1.94. The number of nitrogens with one attached hydrogen (secondary N) is 1. The van der Waals surface area contributed by atoms with Gasteiger partial charge in [0.2, 0.25) is 0 Å². The molecule has 106 valence electrons. The standard InChI is InChI=1S/C16H22N4/c1-9(2)14-12(5)18-15(19-16(14)20-17)13-8-6-7-10(3)11(13)4/h6-9H,17H2,1-5H3,(H,18,19,20). The van der Waals surface area contributed by atoms with Crippen LogP contribution in [0.15, 0.2) is 18.2 Å². The Bertz CT molecular complexity index is 633. The van der Waals surface area contributed by atoms with Crippen LogP contribution in [0.4, 0.5) is 5.82 Å². The van der Waals surface area contributed by atoms with Gasteiger partial charge in [0.05, 0.1) is 0 Å². The Morgan fingerprint density at radius 3 is 2.40 bits per heavy atom. The molecule has 0 unspecified atom stereocenters. The maximum absolute atomic E-state index is 5.63. The molecule has 1 aromatic heterocycles. The van der Waals surface area contributed by atoms with E-state index in [1.165, 1.54) is 11.1 Å². The van der Waals surface area contributed by atoms with Crippen molar-refractivity contribution < 1.29 is 0 Å². The maximum atomic E-state index is 5.63. The molecular weight excluding hydrogens is 248 g/mol. The van der Waals surface area contributed by atoms with Gasteiger partial charge in [-0.1, -0.05) is 32.0 Å². The minimum atomic E-state index is 0.328. The van der Waals surface area contributed by atoms with Crippen molar-refractivity contribution in [3.8, 4) is 11.4 Å². The Balaban J connectivity index is 2.65. The van der Waals surface area contributed by atoms with Crippen molar-refractivity contribution in [1.29, 1.82) is 0 Å². The van der Waals surface area contributed by atoms with Gasteiger partial charge in [-0.3, -0.25) is 0 Å². The van der Waals surface area contributed by atoms with Crippen LogP contribution >= 0.6 is 0 Å². The molecule has 0 aliphatic rings. The largest absolute Gasteiger partial charge is 0.308 e. The molecule has 2 rings (SSSR count). The van der Waals surface area contributed by atoms with Crippen LogP contribution in [0.5, 0.6) is 0 Å². The van der Waals surface area contributed by atoms with Gasteiger partial charge in [0.15, 0.2) is 5.82 Å². The van der Waals surface area contributed by atoms with Crippen LogP contribution in [0.3, 0.4) is 0 Å². The summed E-state index contributed by atoms with van der Waals surface area (Å²) < 4.78 is 0. The molecule has 0 saturated heterocycles. The zero-order valence-electron chi connectivity index (χ0n) is 12.8. The van der Waals surface area contributed by atoms with Crippen LogP contribution in [0.2, 0.25) is 0 Å². The number of benzene rings is 1. The first-order valence-corrected chi connectivity index (χ1v) is 6.87. The number of hydrogen-bond donors (Lipinski definition) is 2. The Morgan fingerprint density at radius 2 is 1.80 bits per heavy atom. The van der Waals surface area contributed by atoms with E-state index in [-0.39, 0.29) is 0 Å². The zero-order valence-corrected chi connectivity index (χ0v) is 12.8. The predicted octanol–water partition coefficient (Wildman–Crippen LogP) is 3.48. The summed E-state index contributed by atoms with van der Waals surface area (Å²) in [4.78, 5) is 9.27. The number of nitrogen functional groups attached to an aromatic ring is 1. The van der Waals surface area contributed by atoms with Gasteiger partial charge in [-0.2, -0.15) is 0 Å². The second kappa shape index (κ2) is 5.59. The van der Waals surface area contributed by atoms with Gasteiger partial charge in [0.1, 0.15) is 5.82 Å². The third-order valence-corrected chi connectivity index (χ3v) is 3.70. The minimum Gasteiger partial charge on any atom is -0.308 e. The van der Waals surface area contributed by atoms with E-state index in [2.05, 4.69) is 49.2 Å². The van der Waals surface area contributed by atoms with Gasteiger partial charge in [-0.15, -0.1) is 0 Å². The Labute approximate surface area is 120 Å². The normalized spacial score (nSPS) is 10.9. The summed E-state index contributed by atoms with van der Waals surface area (Å²) in [5, 5.41) is 0. The third-order valence-electron chi connectivity index (χ3n) is 3.70. The van der Waals surface area contributed by atoms with Crippen molar-refractivity contribution in [2.24, 2.45) is 5.84 Å². The minimum absolute atomic E-state index is 0.328. The smallest absolute Gasteiger partial charge is 0.162 e.